The molecule has 2 N–H and O–H groups in total. The summed E-state index contributed by atoms with van der Waals surface area (Å²) in [5, 5.41) is 12.3. The number of aliphatic carboxylic acids is 1. The fraction of sp³-hybridized carbons (Fsp3) is 0.714. The summed E-state index contributed by atoms with van der Waals surface area (Å²) in [6, 6.07) is 0. The average molecular weight is 158 g/mol. The molecule has 4 nitrogen and oxygen atoms in total. The summed E-state index contributed by atoms with van der Waals surface area (Å²) in [5.74, 6) is -1.01. The van der Waals surface area contributed by atoms with Crippen molar-refractivity contribution in [2.45, 2.75) is 20.8 Å². The second-order valence-electron chi connectivity index (χ2n) is 2.47. The van der Waals surface area contributed by atoms with Crippen molar-refractivity contribution in [3.05, 3.63) is 0 Å². The van der Waals surface area contributed by atoms with Crippen molar-refractivity contribution in [2.24, 2.45) is 11.0 Å². The summed E-state index contributed by atoms with van der Waals surface area (Å²) < 4.78 is 0. The van der Waals surface area contributed by atoms with E-state index in [1.807, 2.05) is 6.92 Å². The van der Waals surface area contributed by atoms with Gasteiger partial charge in [0.05, 0.1) is 0 Å². The van der Waals surface area contributed by atoms with Crippen molar-refractivity contribution in [3.8, 4) is 0 Å². The van der Waals surface area contributed by atoms with Gasteiger partial charge in [0.25, 0.3) is 0 Å². The molecule has 0 bridgehead atoms. The number of carboxylic acid groups (broad SMARTS) is 1. The molecule has 0 rings (SSSR count). The lowest BCUT2D eigenvalue weighted by atomic mass is 10.1. The first-order valence-electron chi connectivity index (χ1n) is 3.63. The van der Waals surface area contributed by atoms with E-state index in [1.54, 1.807) is 13.8 Å². The van der Waals surface area contributed by atoms with Crippen LogP contribution in [0.3, 0.4) is 0 Å². The zero-order chi connectivity index (χ0) is 8.85. The van der Waals surface area contributed by atoms with E-state index >= 15 is 0 Å². The second-order valence-corrected chi connectivity index (χ2v) is 2.47. The molecule has 0 spiro atoms. The number of hydrazone groups is 1. The van der Waals surface area contributed by atoms with E-state index in [-0.39, 0.29) is 11.6 Å². The third-order valence-corrected chi connectivity index (χ3v) is 1.12. The Morgan fingerprint density at radius 3 is 2.45 bits per heavy atom. The summed E-state index contributed by atoms with van der Waals surface area (Å²) in [4.78, 5) is 10.5. The molecule has 4 heteroatoms. The highest BCUT2D eigenvalue weighted by molar-refractivity contribution is 6.36. The molecule has 0 saturated heterocycles. The fourth-order valence-corrected chi connectivity index (χ4v) is 0.588. The monoisotopic (exact) mass is 158 g/mol. The highest BCUT2D eigenvalue weighted by Crippen LogP contribution is 1.95. The Morgan fingerprint density at radius 2 is 2.18 bits per heavy atom. The molecule has 0 radical (unpaired) electrons. The molecular weight excluding hydrogens is 144 g/mol. The van der Waals surface area contributed by atoms with Crippen LogP contribution in [0.2, 0.25) is 0 Å². The lowest BCUT2D eigenvalue weighted by molar-refractivity contribution is -0.129. The standard InChI is InChI=1S/C7H14N2O2/c1-4-8-9-6(5(2)3)7(10)11/h5,8H,4H2,1-3H3,(H,10,11)/b9-6-. The molecule has 0 aliphatic rings. The van der Waals surface area contributed by atoms with Crippen LogP contribution in [0.15, 0.2) is 5.10 Å². The van der Waals surface area contributed by atoms with Crippen molar-refractivity contribution < 1.29 is 9.90 Å². The van der Waals surface area contributed by atoms with Crippen LogP contribution in [0.25, 0.3) is 0 Å². The van der Waals surface area contributed by atoms with Crippen LogP contribution < -0.4 is 5.43 Å². The number of carbonyl (C=O) groups is 1. The van der Waals surface area contributed by atoms with Crippen molar-refractivity contribution in [1.29, 1.82) is 0 Å². The predicted molar refractivity (Wildman–Crippen MR) is 43.6 cm³/mol. The fourth-order valence-electron chi connectivity index (χ4n) is 0.588. The van der Waals surface area contributed by atoms with E-state index in [4.69, 9.17) is 5.11 Å². The average Bonchev–Trinajstić information content (AvgIpc) is 1.87. The second kappa shape index (κ2) is 4.71. The number of hydrogen-bond acceptors (Lipinski definition) is 3. The molecule has 11 heavy (non-hydrogen) atoms. The van der Waals surface area contributed by atoms with Crippen LogP contribution >= 0.6 is 0 Å². The van der Waals surface area contributed by atoms with Crippen LogP contribution in [0.4, 0.5) is 0 Å². The molecular formula is C7H14N2O2. The quantitative estimate of drug-likeness (QED) is 0.467. The highest BCUT2D eigenvalue weighted by Gasteiger charge is 2.13. The number of carboxylic acids is 1. The van der Waals surface area contributed by atoms with Crippen molar-refractivity contribution in [3.63, 3.8) is 0 Å². The maximum absolute atomic E-state index is 10.5. The van der Waals surface area contributed by atoms with Gasteiger partial charge in [-0.3, -0.25) is 0 Å². The first kappa shape index (κ1) is 9.94. The van der Waals surface area contributed by atoms with Gasteiger partial charge in [-0.15, -0.1) is 0 Å². The van der Waals surface area contributed by atoms with Gasteiger partial charge in [-0.2, -0.15) is 5.10 Å². The summed E-state index contributed by atoms with van der Waals surface area (Å²) in [6.07, 6.45) is 0. The molecule has 0 aromatic rings. The molecule has 0 aromatic heterocycles. The molecule has 0 aliphatic carbocycles. The Morgan fingerprint density at radius 1 is 1.64 bits per heavy atom. The van der Waals surface area contributed by atoms with Gasteiger partial charge >= 0.3 is 5.97 Å². The topological polar surface area (TPSA) is 61.7 Å². The summed E-state index contributed by atoms with van der Waals surface area (Å²) in [7, 11) is 0. The molecule has 0 heterocycles. The third kappa shape index (κ3) is 3.60. The minimum absolute atomic E-state index is 0.0495. The van der Waals surface area contributed by atoms with Crippen LogP contribution in [-0.4, -0.2) is 23.3 Å². The zero-order valence-corrected chi connectivity index (χ0v) is 7.09. The van der Waals surface area contributed by atoms with E-state index in [0.29, 0.717) is 6.54 Å². The molecule has 64 valence electrons. The van der Waals surface area contributed by atoms with E-state index in [9.17, 15) is 4.79 Å². The Hall–Kier alpha value is -1.06. The summed E-state index contributed by atoms with van der Waals surface area (Å²) >= 11 is 0. The van der Waals surface area contributed by atoms with E-state index < -0.39 is 5.97 Å². The SMILES string of the molecule is CCN/N=C(\C(=O)O)C(C)C. The largest absolute Gasteiger partial charge is 0.477 e. The van der Waals surface area contributed by atoms with Gasteiger partial charge in [-0.1, -0.05) is 13.8 Å². The number of hydrogen-bond donors (Lipinski definition) is 2. The van der Waals surface area contributed by atoms with Gasteiger partial charge in [0.15, 0.2) is 0 Å². The van der Waals surface area contributed by atoms with E-state index in [1.165, 1.54) is 0 Å². The maximum Gasteiger partial charge on any atom is 0.352 e. The summed E-state index contributed by atoms with van der Waals surface area (Å²) in [5.41, 5.74) is 2.79. The number of rotatable bonds is 4. The Balaban J connectivity index is 4.21. The van der Waals surface area contributed by atoms with Crippen LogP contribution in [0, 0.1) is 5.92 Å². The molecule has 0 aromatic carbocycles. The Bertz CT molecular complexity index is 164. The van der Waals surface area contributed by atoms with Gasteiger partial charge < -0.3 is 10.5 Å². The predicted octanol–water partition coefficient (Wildman–Crippen LogP) is 0.692. The lowest BCUT2D eigenvalue weighted by Gasteiger charge is -2.04. The number of nitrogens with one attached hydrogen (secondary N) is 1. The lowest BCUT2D eigenvalue weighted by Crippen LogP contribution is -2.23. The minimum Gasteiger partial charge on any atom is -0.477 e. The van der Waals surface area contributed by atoms with Gasteiger partial charge in [-0.25, -0.2) is 4.79 Å². The van der Waals surface area contributed by atoms with Crippen molar-refractivity contribution >= 4 is 11.7 Å². The van der Waals surface area contributed by atoms with Gasteiger partial charge in [0.1, 0.15) is 5.71 Å². The van der Waals surface area contributed by atoms with E-state index in [2.05, 4.69) is 10.5 Å². The molecule has 0 unspecified atom stereocenters. The van der Waals surface area contributed by atoms with Gasteiger partial charge in [0, 0.05) is 12.5 Å². The third-order valence-electron chi connectivity index (χ3n) is 1.12. The first-order chi connectivity index (χ1) is 5.09. The van der Waals surface area contributed by atoms with Crippen molar-refractivity contribution in [2.75, 3.05) is 6.54 Å². The van der Waals surface area contributed by atoms with E-state index in [0.717, 1.165) is 0 Å². The first-order valence-corrected chi connectivity index (χ1v) is 3.63. The smallest absolute Gasteiger partial charge is 0.352 e. The highest BCUT2D eigenvalue weighted by atomic mass is 16.4. The van der Waals surface area contributed by atoms with Crippen LogP contribution in [0.5, 0.6) is 0 Å². The Labute approximate surface area is 66.3 Å². The Kier molecular flexibility index (Phi) is 4.26. The maximum atomic E-state index is 10.5. The molecule has 0 fully saturated rings. The van der Waals surface area contributed by atoms with Gasteiger partial charge in [-0.05, 0) is 6.92 Å². The van der Waals surface area contributed by atoms with Crippen LogP contribution in [0.1, 0.15) is 20.8 Å². The molecule has 0 atom stereocenters. The van der Waals surface area contributed by atoms with Crippen LogP contribution in [-0.2, 0) is 4.79 Å². The molecule has 0 aliphatic heterocycles. The normalized spacial score (nSPS) is 11.8. The molecule has 0 amide bonds. The number of nitrogens with zero attached hydrogens (tertiary/aromatic N) is 1. The van der Waals surface area contributed by atoms with Crippen molar-refractivity contribution in [1.82, 2.24) is 5.43 Å². The zero-order valence-electron chi connectivity index (χ0n) is 7.09. The summed E-state index contributed by atoms with van der Waals surface area (Å²) in [6.45, 7) is 6.10. The minimum atomic E-state index is -0.957. The molecule has 0 saturated carbocycles. The van der Waals surface area contributed by atoms with Gasteiger partial charge in [0.2, 0.25) is 0 Å².